The highest BCUT2D eigenvalue weighted by Gasteiger charge is 2.14. The number of thioether (sulfide) groups is 1. The molecule has 0 atom stereocenters. The first-order valence-electron chi connectivity index (χ1n) is 7.33. The van der Waals surface area contributed by atoms with Crippen molar-refractivity contribution in [2.45, 2.75) is 30.5 Å². The van der Waals surface area contributed by atoms with Gasteiger partial charge in [-0.3, -0.25) is 0 Å². The molecule has 2 aromatic carbocycles. The van der Waals surface area contributed by atoms with Crippen LogP contribution in [0.1, 0.15) is 19.4 Å². The molecular formula is C18H21N2S+. The molecule has 0 saturated carbocycles. The highest BCUT2D eigenvalue weighted by molar-refractivity contribution is 8.00. The van der Waals surface area contributed by atoms with Crippen LogP contribution >= 0.6 is 11.8 Å². The van der Waals surface area contributed by atoms with Crippen LogP contribution in [0.4, 0.5) is 0 Å². The molecule has 108 valence electrons. The number of hydrogen-bond acceptors (Lipinski definition) is 1. The van der Waals surface area contributed by atoms with E-state index in [9.17, 15) is 0 Å². The third-order valence-corrected chi connectivity index (χ3v) is 4.68. The summed E-state index contributed by atoms with van der Waals surface area (Å²) in [5, 5.41) is 0.601. The van der Waals surface area contributed by atoms with E-state index in [4.69, 9.17) is 0 Å². The SMILES string of the molecule is CC(C)Sc1ccccc1Cn1c[n+](C)c2ccccc21. The molecule has 21 heavy (non-hydrogen) atoms. The average Bonchev–Trinajstić information content (AvgIpc) is 2.78. The summed E-state index contributed by atoms with van der Waals surface area (Å²) in [6, 6.07) is 17.3. The maximum Gasteiger partial charge on any atom is 0.244 e. The lowest BCUT2D eigenvalue weighted by molar-refractivity contribution is -0.645. The second-order valence-electron chi connectivity index (χ2n) is 5.62. The summed E-state index contributed by atoms with van der Waals surface area (Å²) < 4.78 is 4.52. The van der Waals surface area contributed by atoms with Gasteiger partial charge in [-0.25, -0.2) is 9.13 Å². The zero-order valence-electron chi connectivity index (χ0n) is 12.8. The minimum Gasteiger partial charge on any atom is -0.233 e. The fourth-order valence-corrected chi connectivity index (χ4v) is 3.60. The Hall–Kier alpha value is -1.74. The summed E-state index contributed by atoms with van der Waals surface area (Å²) >= 11 is 1.94. The van der Waals surface area contributed by atoms with Gasteiger partial charge in [-0.05, 0) is 18.2 Å². The van der Waals surface area contributed by atoms with Crippen molar-refractivity contribution in [1.82, 2.24) is 4.57 Å². The van der Waals surface area contributed by atoms with Crippen molar-refractivity contribution >= 4 is 22.8 Å². The van der Waals surface area contributed by atoms with Crippen molar-refractivity contribution < 1.29 is 4.57 Å². The fourth-order valence-electron chi connectivity index (χ4n) is 2.65. The number of aryl methyl sites for hydroxylation is 1. The average molecular weight is 297 g/mol. The lowest BCUT2D eigenvalue weighted by Gasteiger charge is -2.09. The van der Waals surface area contributed by atoms with Crippen molar-refractivity contribution in [2.24, 2.45) is 7.05 Å². The Labute approximate surface area is 130 Å². The van der Waals surface area contributed by atoms with Crippen LogP contribution in [0, 0.1) is 0 Å². The van der Waals surface area contributed by atoms with Gasteiger partial charge < -0.3 is 0 Å². The number of imidazole rings is 1. The number of nitrogens with zero attached hydrogens (tertiary/aromatic N) is 2. The molecule has 0 amide bonds. The van der Waals surface area contributed by atoms with E-state index in [1.807, 2.05) is 11.8 Å². The summed E-state index contributed by atoms with van der Waals surface area (Å²) in [5.41, 5.74) is 3.94. The van der Waals surface area contributed by atoms with E-state index in [-0.39, 0.29) is 0 Å². The van der Waals surface area contributed by atoms with Crippen molar-refractivity contribution in [3.05, 3.63) is 60.4 Å². The van der Waals surface area contributed by atoms with Crippen LogP contribution < -0.4 is 4.57 Å². The summed E-state index contributed by atoms with van der Waals surface area (Å²) in [6.07, 6.45) is 2.18. The molecule has 0 unspecified atom stereocenters. The lowest BCUT2D eigenvalue weighted by atomic mass is 10.2. The summed E-state index contributed by atoms with van der Waals surface area (Å²) in [7, 11) is 2.10. The zero-order chi connectivity index (χ0) is 14.8. The zero-order valence-corrected chi connectivity index (χ0v) is 13.6. The predicted molar refractivity (Wildman–Crippen MR) is 89.7 cm³/mol. The highest BCUT2D eigenvalue weighted by atomic mass is 32.2. The van der Waals surface area contributed by atoms with Gasteiger partial charge in [-0.15, -0.1) is 11.8 Å². The number of fused-ring (bicyclic) bond motifs is 1. The highest BCUT2D eigenvalue weighted by Crippen LogP contribution is 2.27. The molecule has 0 radical (unpaired) electrons. The van der Waals surface area contributed by atoms with E-state index in [2.05, 4.69) is 84.9 Å². The fraction of sp³-hybridized carbons (Fsp3) is 0.278. The van der Waals surface area contributed by atoms with E-state index >= 15 is 0 Å². The second kappa shape index (κ2) is 5.94. The van der Waals surface area contributed by atoms with E-state index < -0.39 is 0 Å². The van der Waals surface area contributed by atoms with Crippen molar-refractivity contribution in [3.8, 4) is 0 Å². The Morgan fingerprint density at radius 3 is 2.57 bits per heavy atom. The number of rotatable bonds is 4. The molecule has 2 nitrogen and oxygen atoms in total. The largest absolute Gasteiger partial charge is 0.244 e. The molecule has 1 aromatic heterocycles. The van der Waals surface area contributed by atoms with Crippen LogP contribution in [0.5, 0.6) is 0 Å². The molecule has 1 heterocycles. The maximum absolute atomic E-state index is 2.33. The minimum absolute atomic E-state index is 0.601. The molecule has 0 aliphatic rings. The number of benzene rings is 2. The summed E-state index contributed by atoms with van der Waals surface area (Å²) in [4.78, 5) is 1.38. The molecule has 3 aromatic rings. The van der Waals surface area contributed by atoms with E-state index in [1.165, 1.54) is 21.5 Å². The van der Waals surface area contributed by atoms with Crippen LogP contribution in [0.15, 0.2) is 59.8 Å². The van der Waals surface area contributed by atoms with E-state index in [1.54, 1.807) is 0 Å². The second-order valence-corrected chi connectivity index (χ2v) is 7.24. The van der Waals surface area contributed by atoms with Crippen LogP contribution in [0.2, 0.25) is 0 Å². The number of hydrogen-bond donors (Lipinski definition) is 0. The Bertz CT molecular complexity index is 759. The topological polar surface area (TPSA) is 8.81 Å². The van der Waals surface area contributed by atoms with E-state index in [0.717, 1.165) is 6.54 Å². The smallest absolute Gasteiger partial charge is 0.233 e. The van der Waals surface area contributed by atoms with Gasteiger partial charge in [0.15, 0.2) is 11.0 Å². The van der Waals surface area contributed by atoms with Gasteiger partial charge >= 0.3 is 0 Å². The molecular weight excluding hydrogens is 276 g/mol. The Morgan fingerprint density at radius 1 is 1.05 bits per heavy atom. The van der Waals surface area contributed by atoms with Crippen LogP contribution in [-0.2, 0) is 13.6 Å². The number of para-hydroxylation sites is 2. The molecule has 0 saturated heterocycles. The molecule has 0 bridgehead atoms. The van der Waals surface area contributed by atoms with Crippen molar-refractivity contribution in [1.29, 1.82) is 0 Å². The Kier molecular flexibility index (Phi) is 4.02. The Balaban J connectivity index is 1.99. The lowest BCUT2D eigenvalue weighted by Crippen LogP contribution is -2.25. The first-order chi connectivity index (χ1) is 10.1. The minimum atomic E-state index is 0.601. The summed E-state index contributed by atoms with van der Waals surface area (Å²) in [6.45, 7) is 5.40. The third-order valence-electron chi connectivity index (χ3n) is 3.56. The number of aromatic nitrogens is 2. The van der Waals surface area contributed by atoms with E-state index in [0.29, 0.717) is 5.25 Å². The molecule has 0 spiro atoms. The molecule has 3 rings (SSSR count). The monoisotopic (exact) mass is 297 g/mol. The standard InChI is InChI=1S/C18H21N2S/c1-14(2)21-18-11-7-4-8-15(18)12-20-13-19(3)16-9-5-6-10-17(16)20/h4-11,13-14H,12H2,1-3H3/q+1. The van der Waals surface area contributed by atoms with Crippen molar-refractivity contribution in [3.63, 3.8) is 0 Å². The molecule has 0 aliphatic heterocycles. The molecule has 3 heteroatoms. The normalized spacial score (nSPS) is 11.4. The van der Waals surface area contributed by atoms with Gasteiger partial charge in [0.05, 0.1) is 7.05 Å². The van der Waals surface area contributed by atoms with Crippen molar-refractivity contribution in [2.75, 3.05) is 0 Å². The molecule has 0 fully saturated rings. The van der Waals surface area contributed by atoms with Gasteiger partial charge in [0.25, 0.3) is 0 Å². The van der Waals surface area contributed by atoms with Gasteiger partial charge in [-0.2, -0.15) is 0 Å². The van der Waals surface area contributed by atoms with Crippen LogP contribution in [0.3, 0.4) is 0 Å². The third kappa shape index (κ3) is 2.98. The quantitative estimate of drug-likeness (QED) is 0.522. The first-order valence-corrected chi connectivity index (χ1v) is 8.21. The van der Waals surface area contributed by atoms with Gasteiger partial charge in [0.1, 0.15) is 6.54 Å². The van der Waals surface area contributed by atoms with Gasteiger partial charge in [-0.1, -0.05) is 44.2 Å². The predicted octanol–water partition coefficient (Wildman–Crippen LogP) is 4.01. The molecule has 0 aliphatic carbocycles. The van der Waals surface area contributed by atoms with Crippen LogP contribution in [-0.4, -0.2) is 9.82 Å². The summed E-state index contributed by atoms with van der Waals surface area (Å²) in [5.74, 6) is 0. The van der Waals surface area contributed by atoms with Gasteiger partial charge in [0, 0.05) is 15.7 Å². The Morgan fingerprint density at radius 2 is 1.76 bits per heavy atom. The molecule has 0 N–H and O–H groups in total. The first kappa shape index (κ1) is 14.2. The maximum atomic E-state index is 2.33. The van der Waals surface area contributed by atoms with Gasteiger partial charge in [0.2, 0.25) is 6.33 Å². The van der Waals surface area contributed by atoms with Crippen LogP contribution in [0.25, 0.3) is 11.0 Å².